The van der Waals surface area contributed by atoms with Crippen LogP contribution in [-0.2, 0) is 9.53 Å². The number of esters is 1. The maximum Gasteiger partial charge on any atom is 0.312 e. The molecular formula is C17H24O3. The standard InChI is InChI=1S/C17H24O3/c1-12(11-14-9-7-6-8-10-14)15(18)13(2)16(19)20-17(3,4)5/h6-11,13,15,18H,1-5H3/b12-11+/t13-,15-/m1/s1. The molecule has 0 fully saturated rings. The lowest BCUT2D eigenvalue weighted by Crippen LogP contribution is -2.33. The molecule has 1 aromatic carbocycles. The Morgan fingerprint density at radius 1 is 1.25 bits per heavy atom. The van der Waals surface area contributed by atoms with Gasteiger partial charge in [-0.05, 0) is 45.8 Å². The Kier molecular flexibility index (Phi) is 5.52. The van der Waals surface area contributed by atoms with E-state index in [1.165, 1.54) is 0 Å². The van der Waals surface area contributed by atoms with Crippen molar-refractivity contribution in [2.75, 3.05) is 0 Å². The fraction of sp³-hybridized carbons (Fsp3) is 0.471. The summed E-state index contributed by atoms with van der Waals surface area (Å²) in [6.07, 6.45) is 1.04. The largest absolute Gasteiger partial charge is 0.460 e. The molecule has 0 spiro atoms. The summed E-state index contributed by atoms with van der Waals surface area (Å²) < 4.78 is 5.29. The van der Waals surface area contributed by atoms with Gasteiger partial charge < -0.3 is 9.84 Å². The van der Waals surface area contributed by atoms with Crippen LogP contribution in [0.4, 0.5) is 0 Å². The van der Waals surface area contributed by atoms with Crippen molar-refractivity contribution in [2.24, 2.45) is 5.92 Å². The highest BCUT2D eigenvalue weighted by Crippen LogP contribution is 2.19. The number of carbonyl (C=O) groups is 1. The average molecular weight is 276 g/mol. The molecule has 0 aliphatic carbocycles. The first-order valence-electron chi connectivity index (χ1n) is 6.85. The predicted octanol–water partition coefficient (Wildman–Crippen LogP) is 3.43. The minimum absolute atomic E-state index is 0.384. The molecular weight excluding hydrogens is 252 g/mol. The third-order valence-electron chi connectivity index (χ3n) is 2.91. The van der Waals surface area contributed by atoms with Crippen LogP contribution >= 0.6 is 0 Å². The Labute approximate surface area is 121 Å². The summed E-state index contributed by atoms with van der Waals surface area (Å²) in [6.45, 7) is 8.95. The van der Waals surface area contributed by atoms with Crippen molar-refractivity contribution in [3.8, 4) is 0 Å². The maximum atomic E-state index is 11.9. The fourth-order valence-corrected chi connectivity index (χ4v) is 1.82. The Balaban J connectivity index is 2.76. The average Bonchev–Trinajstić information content (AvgIpc) is 2.36. The lowest BCUT2D eigenvalue weighted by molar-refractivity contribution is -0.162. The van der Waals surface area contributed by atoms with Crippen LogP contribution in [0.5, 0.6) is 0 Å². The molecule has 3 nitrogen and oxygen atoms in total. The summed E-state index contributed by atoms with van der Waals surface area (Å²) in [5.41, 5.74) is 1.21. The van der Waals surface area contributed by atoms with E-state index in [2.05, 4.69) is 0 Å². The van der Waals surface area contributed by atoms with Crippen LogP contribution in [0.2, 0.25) is 0 Å². The van der Waals surface area contributed by atoms with Gasteiger partial charge >= 0.3 is 5.97 Å². The van der Waals surface area contributed by atoms with Crippen LogP contribution in [-0.4, -0.2) is 22.8 Å². The summed E-state index contributed by atoms with van der Waals surface area (Å²) in [5.74, 6) is -0.972. The van der Waals surface area contributed by atoms with Gasteiger partial charge in [-0.3, -0.25) is 4.79 Å². The number of carbonyl (C=O) groups excluding carboxylic acids is 1. The minimum atomic E-state index is -0.843. The van der Waals surface area contributed by atoms with Crippen molar-refractivity contribution in [1.29, 1.82) is 0 Å². The van der Waals surface area contributed by atoms with Crippen LogP contribution in [0.3, 0.4) is 0 Å². The third-order valence-corrected chi connectivity index (χ3v) is 2.91. The zero-order valence-corrected chi connectivity index (χ0v) is 12.9. The fourth-order valence-electron chi connectivity index (χ4n) is 1.82. The van der Waals surface area contributed by atoms with Crippen LogP contribution in [0.15, 0.2) is 35.9 Å². The molecule has 1 aromatic rings. The quantitative estimate of drug-likeness (QED) is 0.857. The van der Waals surface area contributed by atoms with Crippen molar-refractivity contribution >= 4 is 12.0 Å². The lowest BCUT2D eigenvalue weighted by atomic mass is 9.96. The summed E-state index contributed by atoms with van der Waals surface area (Å²) >= 11 is 0. The van der Waals surface area contributed by atoms with Gasteiger partial charge in [-0.15, -0.1) is 0 Å². The molecule has 0 aliphatic heterocycles. The third kappa shape index (κ3) is 5.17. The van der Waals surface area contributed by atoms with Crippen LogP contribution in [0.1, 0.15) is 40.2 Å². The number of hydrogen-bond acceptors (Lipinski definition) is 3. The van der Waals surface area contributed by atoms with Gasteiger partial charge in [0.15, 0.2) is 0 Å². The van der Waals surface area contributed by atoms with Crippen molar-refractivity contribution in [3.63, 3.8) is 0 Å². The van der Waals surface area contributed by atoms with Gasteiger partial charge in [-0.25, -0.2) is 0 Å². The van der Waals surface area contributed by atoms with E-state index in [4.69, 9.17) is 4.74 Å². The van der Waals surface area contributed by atoms with E-state index in [0.29, 0.717) is 0 Å². The normalized spacial score (nSPS) is 15.6. The molecule has 110 valence electrons. The summed E-state index contributed by atoms with van der Waals surface area (Å²) in [5, 5.41) is 10.2. The molecule has 0 aliphatic rings. The Bertz CT molecular complexity index is 469. The number of hydrogen-bond donors (Lipinski definition) is 1. The number of rotatable bonds is 4. The highest BCUT2D eigenvalue weighted by atomic mass is 16.6. The van der Waals surface area contributed by atoms with Gasteiger partial charge in [0.05, 0.1) is 12.0 Å². The van der Waals surface area contributed by atoms with E-state index < -0.39 is 17.6 Å². The van der Waals surface area contributed by atoms with E-state index in [-0.39, 0.29) is 5.97 Å². The molecule has 1 rings (SSSR count). The molecule has 0 bridgehead atoms. The molecule has 0 amide bonds. The molecule has 3 heteroatoms. The monoisotopic (exact) mass is 276 g/mol. The zero-order chi connectivity index (χ0) is 15.3. The Morgan fingerprint density at radius 3 is 2.30 bits per heavy atom. The van der Waals surface area contributed by atoms with E-state index in [1.807, 2.05) is 64.1 Å². The van der Waals surface area contributed by atoms with Gasteiger partial charge in [0, 0.05) is 0 Å². The summed E-state index contributed by atoms with van der Waals surface area (Å²) in [6, 6.07) is 9.71. The van der Waals surface area contributed by atoms with E-state index in [0.717, 1.165) is 11.1 Å². The number of aliphatic hydroxyl groups excluding tert-OH is 1. The first-order chi connectivity index (χ1) is 9.20. The maximum absolute atomic E-state index is 11.9. The molecule has 0 saturated heterocycles. The first kappa shape index (κ1) is 16.4. The van der Waals surface area contributed by atoms with Gasteiger partial charge in [0.25, 0.3) is 0 Å². The number of ether oxygens (including phenoxy) is 1. The molecule has 0 heterocycles. The molecule has 20 heavy (non-hydrogen) atoms. The van der Waals surface area contributed by atoms with Crippen LogP contribution in [0.25, 0.3) is 6.08 Å². The number of benzene rings is 1. The zero-order valence-electron chi connectivity index (χ0n) is 12.9. The van der Waals surface area contributed by atoms with Gasteiger partial charge in [0.2, 0.25) is 0 Å². The van der Waals surface area contributed by atoms with Gasteiger partial charge in [0.1, 0.15) is 5.60 Å². The topological polar surface area (TPSA) is 46.5 Å². The predicted molar refractivity (Wildman–Crippen MR) is 81.1 cm³/mol. The second-order valence-electron chi connectivity index (χ2n) is 6.07. The lowest BCUT2D eigenvalue weighted by Gasteiger charge is -2.25. The van der Waals surface area contributed by atoms with E-state index in [9.17, 15) is 9.90 Å². The van der Waals surface area contributed by atoms with E-state index >= 15 is 0 Å². The summed E-state index contributed by atoms with van der Waals surface area (Å²) in [4.78, 5) is 11.9. The van der Waals surface area contributed by atoms with Crippen LogP contribution in [0, 0.1) is 5.92 Å². The van der Waals surface area contributed by atoms with E-state index in [1.54, 1.807) is 6.92 Å². The molecule has 0 radical (unpaired) electrons. The smallest absolute Gasteiger partial charge is 0.312 e. The second kappa shape index (κ2) is 6.71. The van der Waals surface area contributed by atoms with Gasteiger partial charge in [-0.1, -0.05) is 36.4 Å². The Morgan fingerprint density at radius 2 is 1.80 bits per heavy atom. The van der Waals surface area contributed by atoms with Crippen LogP contribution < -0.4 is 0 Å². The van der Waals surface area contributed by atoms with Crippen molar-refractivity contribution in [3.05, 3.63) is 41.5 Å². The molecule has 0 aromatic heterocycles. The van der Waals surface area contributed by atoms with Crippen molar-refractivity contribution in [1.82, 2.24) is 0 Å². The minimum Gasteiger partial charge on any atom is -0.460 e. The highest BCUT2D eigenvalue weighted by molar-refractivity contribution is 5.74. The first-order valence-corrected chi connectivity index (χ1v) is 6.85. The molecule has 2 atom stereocenters. The number of aliphatic hydroxyl groups is 1. The molecule has 0 saturated carbocycles. The SMILES string of the molecule is C/C(=C\c1ccccc1)[C@@H](O)[C@@H](C)C(=O)OC(C)(C)C. The van der Waals surface area contributed by atoms with Crippen molar-refractivity contribution < 1.29 is 14.6 Å². The summed E-state index contributed by atoms with van der Waals surface area (Å²) in [7, 11) is 0. The molecule has 1 N–H and O–H groups in total. The Hall–Kier alpha value is -1.61. The highest BCUT2D eigenvalue weighted by Gasteiger charge is 2.28. The van der Waals surface area contributed by atoms with Crippen molar-refractivity contribution in [2.45, 2.75) is 46.3 Å². The second-order valence-corrected chi connectivity index (χ2v) is 6.07. The molecule has 0 unspecified atom stereocenters. The van der Waals surface area contributed by atoms with Gasteiger partial charge in [-0.2, -0.15) is 0 Å².